The van der Waals surface area contributed by atoms with Crippen LogP contribution in [0.5, 0.6) is 0 Å². The monoisotopic (exact) mass is 520 g/mol. The van der Waals surface area contributed by atoms with Gasteiger partial charge < -0.3 is 21.3 Å². The molecule has 14 heteroatoms. The zero-order valence-corrected chi connectivity index (χ0v) is 19.6. The van der Waals surface area contributed by atoms with E-state index in [1.807, 2.05) is 0 Å². The molecule has 0 aliphatic rings. The lowest BCUT2D eigenvalue weighted by atomic mass is 10.2. The van der Waals surface area contributed by atoms with Crippen LogP contribution >= 0.6 is 0 Å². The normalized spacial score (nSPS) is 11.4. The maximum absolute atomic E-state index is 12.3. The van der Waals surface area contributed by atoms with Gasteiger partial charge in [-0.1, -0.05) is 6.07 Å². The third kappa shape index (κ3) is 7.25. The summed E-state index contributed by atoms with van der Waals surface area (Å²) < 4.78 is 62.4. The molecule has 3 rings (SSSR count). The molecule has 0 fully saturated rings. The predicted molar refractivity (Wildman–Crippen MR) is 129 cm³/mol. The Kier molecular flexibility index (Phi) is 7.40. The fraction of sp³-hybridized carbons (Fsp3) is 0.0476. The molecule has 6 N–H and O–H groups in total. The van der Waals surface area contributed by atoms with Crippen molar-refractivity contribution in [2.24, 2.45) is 0 Å². The molecule has 3 aromatic rings. The molecule has 0 aromatic heterocycles. The Labute approximate surface area is 200 Å². The van der Waals surface area contributed by atoms with E-state index in [0.29, 0.717) is 16.9 Å². The van der Waals surface area contributed by atoms with Crippen LogP contribution < -0.4 is 21.3 Å². The Hall–Kier alpha value is -3.98. The first-order valence-electron chi connectivity index (χ1n) is 9.73. The standard InChI is InChI=1S/C21H20N4O8S2/c1-13-2-3-16(24-20(26)22-14-4-8-17(9-5-14)34(28,29)30)12-19(13)25-21(27)23-15-6-10-18(11-7-15)35(31,32)33/h2-12H,1H3,(H2,22,24,26)(H2,23,25,27)(H,28,29,30)(H,31,32,33). The molecule has 0 aliphatic carbocycles. The minimum atomic E-state index is -4.35. The fourth-order valence-corrected chi connectivity index (χ4v) is 3.79. The van der Waals surface area contributed by atoms with Gasteiger partial charge in [-0.05, 0) is 73.2 Å². The average molecular weight is 521 g/mol. The smallest absolute Gasteiger partial charge is 0.308 e. The zero-order chi connectivity index (χ0) is 25.8. The number of aryl methyl sites for hydroxylation is 1. The first-order valence-corrected chi connectivity index (χ1v) is 12.6. The van der Waals surface area contributed by atoms with Crippen LogP contribution in [0.25, 0.3) is 0 Å². The topological polar surface area (TPSA) is 191 Å². The molecule has 0 bridgehead atoms. The van der Waals surface area contributed by atoms with Crippen LogP contribution in [0, 0.1) is 6.92 Å². The molecule has 0 saturated carbocycles. The van der Waals surface area contributed by atoms with Crippen LogP contribution in [0.1, 0.15) is 5.56 Å². The van der Waals surface area contributed by atoms with Gasteiger partial charge in [0.05, 0.1) is 9.79 Å². The molecule has 0 saturated heterocycles. The second kappa shape index (κ2) is 10.1. The van der Waals surface area contributed by atoms with Gasteiger partial charge in [-0.25, -0.2) is 9.59 Å². The van der Waals surface area contributed by atoms with Crippen molar-refractivity contribution in [3.63, 3.8) is 0 Å². The number of rotatable bonds is 6. The molecule has 0 radical (unpaired) electrons. The quantitative estimate of drug-likeness (QED) is 0.264. The Morgan fingerprint density at radius 3 is 1.40 bits per heavy atom. The van der Waals surface area contributed by atoms with Crippen molar-refractivity contribution in [2.75, 3.05) is 21.3 Å². The SMILES string of the molecule is Cc1ccc(NC(=O)Nc2ccc(S(=O)(=O)O)cc2)cc1NC(=O)Nc1ccc(S(=O)(=O)O)cc1. The molecule has 184 valence electrons. The molecular weight excluding hydrogens is 500 g/mol. The molecule has 0 unspecified atom stereocenters. The van der Waals surface area contributed by atoms with Crippen molar-refractivity contribution in [2.45, 2.75) is 16.7 Å². The number of nitrogens with one attached hydrogen (secondary N) is 4. The highest BCUT2D eigenvalue weighted by molar-refractivity contribution is 7.86. The third-order valence-electron chi connectivity index (χ3n) is 4.56. The number of carbonyl (C=O) groups excluding carboxylic acids is 2. The maximum atomic E-state index is 12.3. The van der Waals surface area contributed by atoms with Gasteiger partial charge >= 0.3 is 12.1 Å². The van der Waals surface area contributed by atoms with E-state index < -0.39 is 32.3 Å². The van der Waals surface area contributed by atoms with Crippen molar-refractivity contribution in [3.05, 3.63) is 72.3 Å². The van der Waals surface area contributed by atoms with Crippen LogP contribution in [0.4, 0.5) is 32.3 Å². The lowest BCUT2D eigenvalue weighted by Crippen LogP contribution is -2.21. The van der Waals surface area contributed by atoms with E-state index in [1.165, 1.54) is 30.3 Å². The first kappa shape index (κ1) is 25.6. The van der Waals surface area contributed by atoms with Crippen LogP contribution in [-0.2, 0) is 20.2 Å². The summed E-state index contributed by atoms with van der Waals surface area (Å²) in [4.78, 5) is 24.0. The molecule has 0 spiro atoms. The number of amides is 4. The number of carbonyl (C=O) groups is 2. The number of hydrogen-bond acceptors (Lipinski definition) is 6. The summed E-state index contributed by atoms with van der Waals surface area (Å²) in [5.74, 6) is 0. The maximum Gasteiger partial charge on any atom is 0.323 e. The highest BCUT2D eigenvalue weighted by Gasteiger charge is 2.12. The third-order valence-corrected chi connectivity index (χ3v) is 6.30. The van der Waals surface area contributed by atoms with Gasteiger partial charge in [0.2, 0.25) is 0 Å². The van der Waals surface area contributed by atoms with Gasteiger partial charge in [0, 0.05) is 22.7 Å². The van der Waals surface area contributed by atoms with E-state index >= 15 is 0 Å². The van der Waals surface area contributed by atoms with E-state index in [-0.39, 0.29) is 21.2 Å². The second-order valence-electron chi connectivity index (χ2n) is 7.19. The average Bonchev–Trinajstić information content (AvgIpc) is 2.75. The molecule has 0 heterocycles. The summed E-state index contributed by atoms with van der Waals surface area (Å²) >= 11 is 0. The van der Waals surface area contributed by atoms with Crippen molar-refractivity contribution in [1.29, 1.82) is 0 Å². The van der Waals surface area contributed by atoms with Gasteiger partial charge in [-0.2, -0.15) is 16.8 Å². The van der Waals surface area contributed by atoms with Gasteiger partial charge in [-0.15, -0.1) is 0 Å². The van der Waals surface area contributed by atoms with E-state index in [0.717, 1.165) is 24.3 Å². The van der Waals surface area contributed by atoms with E-state index in [9.17, 15) is 26.4 Å². The largest absolute Gasteiger partial charge is 0.323 e. The summed E-state index contributed by atoms with van der Waals surface area (Å²) in [6.07, 6.45) is 0. The van der Waals surface area contributed by atoms with E-state index in [1.54, 1.807) is 19.1 Å². The molecule has 35 heavy (non-hydrogen) atoms. The zero-order valence-electron chi connectivity index (χ0n) is 18.0. The summed E-state index contributed by atoms with van der Waals surface area (Å²) in [6, 6.07) is 13.3. The van der Waals surface area contributed by atoms with Crippen molar-refractivity contribution < 1.29 is 35.5 Å². The molecule has 4 amide bonds. The van der Waals surface area contributed by atoms with Gasteiger partial charge in [0.15, 0.2) is 0 Å². The van der Waals surface area contributed by atoms with Gasteiger partial charge in [0.1, 0.15) is 0 Å². The minimum Gasteiger partial charge on any atom is -0.308 e. The highest BCUT2D eigenvalue weighted by atomic mass is 32.2. The Morgan fingerprint density at radius 1 is 0.600 bits per heavy atom. The second-order valence-corrected chi connectivity index (χ2v) is 10.0. The summed E-state index contributed by atoms with van der Waals surface area (Å²) in [5.41, 5.74) is 1.97. The lowest BCUT2D eigenvalue weighted by Gasteiger charge is -2.13. The number of urea groups is 2. The lowest BCUT2D eigenvalue weighted by molar-refractivity contribution is 0.261. The number of anilines is 4. The highest BCUT2D eigenvalue weighted by Crippen LogP contribution is 2.22. The number of hydrogen-bond donors (Lipinski definition) is 6. The van der Waals surface area contributed by atoms with Crippen molar-refractivity contribution in [1.82, 2.24) is 0 Å². The van der Waals surface area contributed by atoms with Crippen LogP contribution in [-0.4, -0.2) is 38.0 Å². The Bertz CT molecular complexity index is 1470. The van der Waals surface area contributed by atoms with Crippen LogP contribution in [0.15, 0.2) is 76.5 Å². The van der Waals surface area contributed by atoms with Crippen molar-refractivity contribution in [3.8, 4) is 0 Å². The molecule has 3 aromatic carbocycles. The molecule has 12 nitrogen and oxygen atoms in total. The summed E-state index contributed by atoms with van der Waals surface area (Å²) in [5, 5.41) is 10.2. The fourth-order valence-electron chi connectivity index (χ4n) is 2.83. The Balaban J connectivity index is 1.62. The van der Waals surface area contributed by atoms with E-state index in [2.05, 4.69) is 21.3 Å². The molecule has 0 aliphatic heterocycles. The number of benzene rings is 3. The van der Waals surface area contributed by atoms with Crippen LogP contribution in [0.3, 0.4) is 0 Å². The van der Waals surface area contributed by atoms with Gasteiger partial charge in [-0.3, -0.25) is 9.11 Å². The van der Waals surface area contributed by atoms with E-state index in [4.69, 9.17) is 9.11 Å². The summed E-state index contributed by atoms with van der Waals surface area (Å²) in [7, 11) is -8.69. The molecule has 0 atom stereocenters. The predicted octanol–water partition coefficient (Wildman–Crippen LogP) is 3.78. The molecular formula is C21H20N4O8S2. The van der Waals surface area contributed by atoms with Crippen LogP contribution in [0.2, 0.25) is 0 Å². The minimum absolute atomic E-state index is 0.278. The summed E-state index contributed by atoms with van der Waals surface area (Å²) in [6.45, 7) is 1.73. The first-order chi connectivity index (χ1) is 16.3. The van der Waals surface area contributed by atoms with Gasteiger partial charge in [0.25, 0.3) is 20.2 Å². The Morgan fingerprint density at radius 2 is 0.971 bits per heavy atom. The van der Waals surface area contributed by atoms with Crippen molar-refractivity contribution >= 4 is 55.0 Å².